The van der Waals surface area contributed by atoms with Gasteiger partial charge in [0.2, 0.25) is 0 Å². The van der Waals surface area contributed by atoms with Crippen LogP contribution in [0.25, 0.3) is 22.4 Å². The number of rotatable bonds is 4. The fraction of sp³-hybridized carbons (Fsp3) is 0.0909. The van der Waals surface area contributed by atoms with E-state index in [0.717, 1.165) is 39.8 Å². The molecule has 0 bridgehead atoms. The zero-order chi connectivity index (χ0) is 19.8. The van der Waals surface area contributed by atoms with Gasteiger partial charge in [-0.2, -0.15) is 0 Å². The van der Waals surface area contributed by atoms with Crippen LogP contribution in [0.5, 0.6) is 0 Å². The summed E-state index contributed by atoms with van der Waals surface area (Å²) < 4.78 is 15.3. The van der Waals surface area contributed by atoms with E-state index in [4.69, 9.17) is 0 Å². The van der Waals surface area contributed by atoms with Crippen LogP contribution >= 0.6 is 11.8 Å². The molecule has 0 saturated carbocycles. The van der Waals surface area contributed by atoms with Gasteiger partial charge in [-0.3, -0.25) is 4.79 Å². The van der Waals surface area contributed by atoms with Crippen molar-refractivity contribution < 1.29 is 9.18 Å². The number of aryl methyl sites for hydroxylation is 1. The van der Waals surface area contributed by atoms with E-state index < -0.39 is 0 Å². The van der Waals surface area contributed by atoms with Crippen molar-refractivity contribution >= 4 is 23.4 Å². The van der Waals surface area contributed by atoms with Gasteiger partial charge in [-0.25, -0.2) is 9.37 Å². The van der Waals surface area contributed by atoms with Crippen molar-refractivity contribution in [2.45, 2.75) is 11.7 Å². The average molecular weight is 404 g/mol. The fourth-order valence-corrected chi connectivity index (χ4v) is 4.32. The SMILES string of the molecule is O=C(Nc1ccccc1-c1cn2c(n1)SCC2)c1cc(-c2ccc(F)cc2)c[nH]1. The molecule has 1 aliphatic rings. The maximum Gasteiger partial charge on any atom is 0.272 e. The quantitative estimate of drug-likeness (QED) is 0.501. The van der Waals surface area contributed by atoms with Gasteiger partial charge in [-0.15, -0.1) is 0 Å². The first-order chi connectivity index (χ1) is 14.2. The molecule has 3 heterocycles. The second-order valence-electron chi connectivity index (χ2n) is 6.76. The zero-order valence-corrected chi connectivity index (χ0v) is 16.2. The Hall–Kier alpha value is -3.32. The lowest BCUT2D eigenvalue weighted by Gasteiger charge is -2.09. The second kappa shape index (κ2) is 7.25. The zero-order valence-electron chi connectivity index (χ0n) is 15.4. The van der Waals surface area contributed by atoms with Gasteiger partial charge in [0.15, 0.2) is 5.16 Å². The van der Waals surface area contributed by atoms with Crippen molar-refractivity contribution in [2.75, 3.05) is 11.1 Å². The molecule has 4 aromatic rings. The van der Waals surface area contributed by atoms with Gasteiger partial charge < -0.3 is 14.9 Å². The molecule has 0 atom stereocenters. The minimum atomic E-state index is -0.289. The van der Waals surface area contributed by atoms with Crippen LogP contribution < -0.4 is 5.32 Å². The first kappa shape index (κ1) is 17.8. The number of halogens is 1. The number of hydrogen-bond acceptors (Lipinski definition) is 3. The third kappa shape index (κ3) is 3.45. The lowest BCUT2D eigenvalue weighted by atomic mass is 10.1. The van der Waals surface area contributed by atoms with Gasteiger partial charge in [0.05, 0.1) is 11.4 Å². The number of hydrogen-bond donors (Lipinski definition) is 2. The van der Waals surface area contributed by atoms with Gasteiger partial charge in [-0.05, 0) is 35.4 Å². The van der Waals surface area contributed by atoms with E-state index in [0.29, 0.717) is 11.4 Å². The van der Waals surface area contributed by atoms with E-state index in [1.165, 1.54) is 12.1 Å². The Balaban J connectivity index is 1.39. The average Bonchev–Trinajstić information content (AvgIpc) is 3.45. The molecule has 0 fully saturated rings. The third-order valence-electron chi connectivity index (χ3n) is 4.86. The first-order valence-corrected chi connectivity index (χ1v) is 10.2. The number of para-hydroxylation sites is 1. The summed E-state index contributed by atoms with van der Waals surface area (Å²) >= 11 is 1.74. The van der Waals surface area contributed by atoms with Crippen LogP contribution in [0.4, 0.5) is 10.1 Å². The molecule has 2 aromatic heterocycles. The molecule has 0 radical (unpaired) electrons. The van der Waals surface area contributed by atoms with Crippen LogP contribution in [0.3, 0.4) is 0 Å². The summed E-state index contributed by atoms with van der Waals surface area (Å²) in [7, 11) is 0. The van der Waals surface area contributed by atoms with Crippen LogP contribution in [0.1, 0.15) is 10.5 Å². The molecule has 2 N–H and O–H groups in total. The summed E-state index contributed by atoms with van der Waals surface area (Å²) in [5.41, 5.74) is 4.53. The van der Waals surface area contributed by atoms with Crippen LogP contribution in [-0.4, -0.2) is 26.2 Å². The number of amides is 1. The van der Waals surface area contributed by atoms with Gasteiger partial charge in [-0.1, -0.05) is 42.1 Å². The van der Waals surface area contributed by atoms with E-state index in [9.17, 15) is 9.18 Å². The smallest absolute Gasteiger partial charge is 0.272 e. The number of carbonyl (C=O) groups excluding carboxylic acids is 1. The third-order valence-corrected chi connectivity index (χ3v) is 5.83. The van der Waals surface area contributed by atoms with E-state index in [1.54, 1.807) is 36.2 Å². The molecule has 0 aliphatic carbocycles. The summed E-state index contributed by atoms with van der Waals surface area (Å²) in [4.78, 5) is 20.5. The number of fused-ring (bicyclic) bond motifs is 1. The van der Waals surface area contributed by atoms with Crippen molar-refractivity contribution in [3.05, 3.63) is 78.5 Å². The Labute approximate surface area is 171 Å². The Morgan fingerprint density at radius 2 is 1.97 bits per heavy atom. The topological polar surface area (TPSA) is 62.7 Å². The van der Waals surface area contributed by atoms with E-state index in [1.807, 2.05) is 30.5 Å². The summed E-state index contributed by atoms with van der Waals surface area (Å²) in [6.45, 7) is 0.955. The van der Waals surface area contributed by atoms with Crippen molar-refractivity contribution in [3.8, 4) is 22.4 Å². The molecule has 0 saturated heterocycles. The lowest BCUT2D eigenvalue weighted by Crippen LogP contribution is -2.12. The number of anilines is 1. The highest BCUT2D eigenvalue weighted by molar-refractivity contribution is 7.99. The summed E-state index contributed by atoms with van der Waals surface area (Å²) in [6, 6.07) is 15.6. The number of imidazole rings is 1. The number of benzene rings is 2. The van der Waals surface area contributed by atoms with Gasteiger partial charge in [0.25, 0.3) is 5.91 Å². The van der Waals surface area contributed by atoms with E-state index >= 15 is 0 Å². The number of thioether (sulfide) groups is 1. The Kier molecular flexibility index (Phi) is 4.44. The molecule has 5 rings (SSSR count). The predicted octanol–water partition coefficient (Wildman–Crippen LogP) is 5.04. The Bertz CT molecular complexity index is 1170. The minimum Gasteiger partial charge on any atom is -0.357 e. The normalized spacial score (nSPS) is 12.7. The summed E-state index contributed by atoms with van der Waals surface area (Å²) in [5, 5.41) is 3.99. The van der Waals surface area contributed by atoms with Gasteiger partial charge in [0, 0.05) is 30.3 Å². The highest BCUT2D eigenvalue weighted by Crippen LogP contribution is 2.32. The van der Waals surface area contributed by atoms with Crippen molar-refractivity contribution in [2.24, 2.45) is 0 Å². The Morgan fingerprint density at radius 3 is 2.79 bits per heavy atom. The molecule has 0 spiro atoms. The van der Waals surface area contributed by atoms with Crippen molar-refractivity contribution in [3.63, 3.8) is 0 Å². The molecule has 5 nitrogen and oxygen atoms in total. The maximum absolute atomic E-state index is 13.1. The van der Waals surface area contributed by atoms with Crippen LogP contribution in [0.15, 0.2) is 72.1 Å². The number of H-pyrrole nitrogens is 1. The van der Waals surface area contributed by atoms with Crippen molar-refractivity contribution in [1.82, 2.24) is 14.5 Å². The molecule has 1 aliphatic heterocycles. The number of aromatic nitrogens is 3. The van der Waals surface area contributed by atoms with Crippen LogP contribution in [0, 0.1) is 5.82 Å². The molecule has 7 heteroatoms. The molecular formula is C22H17FN4OS. The predicted molar refractivity (Wildman–Crippen MR) is 113 cm³/mol. The number of nitrogens with zero attached hydrogens (tertiary/aromatic N) is 2. The number of carbonyl (C=O) groups is 1. The van der Waals surface area contributed by atoms with E-state index in [-0.39, 0.29) is 11.7 Å². The van der Waals surface area contributed by atoms with Gasteiger partial charge in [0.1, 0.15) is 11.5 Å². The van der Waals surface area contributed by atoms with Crippen LogP contribution in [-0.2, 0) is 6.54 Å². The highest BCUT2D eigenvalue weighted by Gasteiger charge is 2.18. The monoisotopic (exact) mass is 404 g/mol. The molecule has 144 valence electrons. The summed E-state index contributed by atoms with van der Waals surface area (Å²) in [5.74, 6) is 0.513. The van der Waals surface area contributed by atoms with Crippen LogP contribution in [0.2, 0.25) is 0 Å². The van der Waals surface area contributed by atoms with Gasteiger partial charge >= 0.3 is 0 Å². The fourth-order valence-electron chi connectivity index (χ4n) is 3.38. The summed E-state index contributed by atoms with van der Waals surface area (Å²) in [6.07, 6.45) is 3.77. The molecular weight excluding hydrogens is 387 g/mol. The van der Waals surface area contributed by atoms with E-state index in [2.05, 4.69) is 19.9 Å². The number of aromatic amines is 1. The molecule has 2 aromatic carbocycles. The minimum absolute atomic E-state index is 0.244. The number of nitrogens with one attached hydrogen (secondary N) is 2. The molecule has 1 amide bonds. The molecule has 29 heavy (non-hydrogen) atoms. The Morgan fingerprint density at radius 1 is 1.14 bits per heavy atom. The lowest BCUT2D eigenvalue weighted by molar-refractivity contribution is 0.102. The second-order valence-corrected chi connectivity index (χ2v) is 7.82. The van der Waals surface area contributed by atoms with Crippen molar-refractivity contribution in [1.29, 1.82) is 0 Å². The highest BCUT2D eigenvalue weighted by atomic mass is 32.2. The maximum atomic E-state index is 13.1. The molecule has 0 unspecified atom stereocenters. The largest absolute Gasteiger partial charge is 0.357 e. The standard InChI is InChI=1S/C22H17FN4OS/c23-16-7-5-14(6-8-16)15-11-19(24-12-15)21(28)25-18-4-2-1-3-17(18)20-13-27-9-10-29-22(27)26-20/h1-8,11-13,24H,9-10H2,(H,25,28). The first-order valence-electron chi connectivity index (χ1n) is 9.22.